The van der Waals surface area contributed by atoms with Gasteiger partial charge in [0.05, 0.1) is 10.6 Å². The zero-order valence-corrected chi connectivity index (χ0v) is 15.5. The normalized spacial score (nSPS) is 11.7. The highest BCUT2D eigenvalue weighted by molar-refractivity contribution is 7.89. The zero-order chi connectivity index (χ0) is 18.9. The molecule has 0 radical (unpaired) electrons. The Morgan fingerprint density at radius 2 is 1.74 bits per heavy atom. The van der Waals surface area contributed by atoms with Gasteiger partial charge >= 0.3 is 0 Å². The standard InChI is InChI=1S/C20H18N4O2S/c1-21-27(25,26)16-9-7-15(8-10-16)18-12-17-19(22-13-23-20(17)24-18)11-14-5-3-2-4-6-14/h2-10,12-13,21H,11H2,1H3,(H,22,23,24). The van der Waals surface area contributed by atoms with E-state index in [0.717, 1.165) is 34.4 Å². The van der Waals surface area contributed by atoms with E-state index in [2.05, 4.69) is 31.8 Å². The maximum absolute atomic E-state index is 11.9. The Balaban J connectivity index is 1.71. The molecule has 136 valence electrons. The van der Waals surface area contributed by atoms with Gasteiger partial charge in [-0.15, -0.1) is 0 Å². The molecule has 0 saturated heterocycles. The van der Waals surface area contributed by atoms with E-state index in [-0.39, 0.29) is 4.90 Å². The number of aromatic nitrogens is 3. The van der Waals surface area contributed by atoms with Crippen molar-refractivity contribution < 1.29 is 8.42 Å². The minimum atomic E-state index is -3.45. The van der Waals surface area contributed by atoms with Crippen LogP contribution < -0.4 is 4.72 Å². The molecule has 0 spiro atoms. The summed E-state index contributed by atoms with van der Waals surface area (Å²) in [5.41, 5.74) is 4.64. The van der Waals surface area contributed by atoms with E-state index in [1.807, 2.05) is 24.3 Å². The molecule has 0 amide bonds. The lowest BCUT2D eigenvalue weighted by Crippen LogP contribution is -2.18. The van der Waals surface area contributed by atoms with Crippen LogP contribution in [0.15, 0.2) is 71.9 Å². The van der Waals surface area contributed by atoms with E-state index in [4.69, 9.17) is 0 Å². The average molecular weight is 378 g/mol. The van der Waals surface area contributed by atoms with E-state index >= 15 is 0 Å². The number of H-pyrrole nitrogens is 1. The number of nitrogens with zero attached hydrogens (tertiary/aromatic N) is 2. The second kappa shape index (κ2) is 6.94. The van der Waals surface area contributed by atoms with Gasteiger partial charge in [-0.25, -0.2) is 23.1 Å². The molecule has 4 rings (SSSR count). The molecule has 4 aromatic rings. The molecule has 27 heavy (non-hydrogen) atoms. The number of nitrogens with one attached hydrogen (secondary N) is 2. The average Bonchev–Trinajstić information content (AvgIpc) is 3.14. The predicted octanol–water partition coefficient (Wildman–Crippen LogP) is 3.12. The number of aromatic amines is 1. The summed E-state index contributed by atoms with van der Waals surface area (Å²) in [6.07, 6.45) is 2.28. The third-order valence-electron chi connectivity index (χ3n) is 4.47. The number of benzene rings is 2. The van der Waals surface area contributed by atoms with Crippen LogP contribution in [0.5, 0.6) is 0 Å². The lowest BCUT2D eigenvalue weighted by atomic mass is 10.1. The van der Waals surface area contributed by atoms with Crippen molar-refractivity contribution in [2.24, 2.45) is 0 Å². The molecule has 0 aliphatic heterocycles. The summed E-state index contributed by atoms with van der Waals surface area (Å²) < 4.78 is 26.1. The fourth-order valence-corrected chi connectivity index (χ4v) is 3.74. The Bertz CT molecular complexity index is 1180. The van der Waals surface area contributed by atoms with Crippen molar-refractivity contribution >= 4 is 21.1 Å². The van der Waals surface area contributed by atoms with Gasteiger partial charge in [0.1, 0.15) is 12.0 Å². The predicted molar refractivity (Wildman–Crippen MR) is 105 cm³/mol. The largest absolute Gasteiger partial charge is 0.339 e. The van der Waals surface area contributed by atoms with Gasteiger partial charge in [-0.1, -0.05) is 42.5 Å². The van der Waals surface area contributed by atoms with Crippen molar-refractivity contribution in [2.75, 3.05) is 7.05 Å². The summed E-state index contributed by atoms with van der Waals surface area (Å²) in [4.78, 5) is 12.3. The van der Waals surface area contributed by atoms with Gasteiger partial charge in [0, 0.05) is 17.5 Å². The summed E-state index contributed by atoms with van der Waals surface area (Å²) in [5.74, 6) is 0. The Morgan fingerprint density at radius 1 is 1.00 bits per heavy atom. The van der Waals surface area contributed by atoms with Crippen LogP contribution >= 0.6 is 0 Å². The molecule has 2 aromatic carbocycles. The van der Waals surface area contributed by atoms with Gasteiger partial charge < -0.3 is 4.98 Å². The van der Waals surface area contributed by atoms with Crippen molar-refractivity contribution in [3.8, 4) is 11.3 Å². The second-order valence-electron chi connectivity index (χ2n) is 6.16. The minimum Gasteiger partial charge on any atom is -0.339 e. The lowest BCUT2D eigenvalue weighted by Gasteiger charge is -2.03. The molecule has 0 atom stereocenters. The first kappa shape index (κ1) is 17.4. The Morgan fingerprint density at radius 3 is 2.44 bits per heavy atom. The minimum absolute atomic E-state index is 0.231. The fourth-order valence-electron chi connectivity index (χ4n) is 3.01. The van der Waals surface area contributed by atoms with Gasteiger partial charge in [0.15, 0.2) is 0 Å². The number of sulfonamides is 1. The van der Waals surface area contributed by atoms with E-state index in [0.29, 0.717) is 0 Å². The zero-order valence-electron chi connectivity index (χ0n) is 14.7. The van der Waals surface area contributed by atoms with Crippen molar-refractivity contribution in [1.82, 2.24) is 19.7 Å². The molecule has 0 aliphatic rings. The molecular formula is C20H18N4O2S. The van der Waals surface area contributed by atoms with Crippen molar-refractivity contribution in [2.45, 2.75) is 11.3 Å². The first-order valence-corrected chi connectivity index (χ1v) is 9.95. The van der Waals surface area contributed by atoms with Crippen molar-refractivity contribution in [3.05, 3.63) is 78.2 Å². The number of hydrogen-bond acceptors (Lipinski definition) is 4. The molecule has 0 bridgehead atoms. The van der Waals surface area contributed by atoms with Crippen molar-refractivity contribution in [3.63, 3.8) is 0 Å². The van der Waals surface area contributed by atoms with Crippen LogP contribution in [-0.2, 0) is 16.4 Å². The van der Waals surface area contributed by atoms with Crippen LogP contribution in [0, 0.1) is 0 Å². The van der Waals surface area contributed by atoms with Crippen molar-refractivity contribution in [1.29, 1.82) is 0 Å². The molecule has 2 heterocycles. The molecule has 7 heteroatoms. The van der Waals surface area contributed by atoms with E-state index < -0.39 is 10.0 Å². The van der Waals surface area contributed by atoms with Gasteiger partial charge in [-0.3, -0.25) is 0 Å². The SMILES string of the molecule is CNS(=O)(=O)c1ccc(-c2cc3c(Cc4ccccc4)ncnc3[nH]2)cc1. The first-order chi connectivity index (χ1) is 13.1. The summed E-state index contributed by atoms with van der Waals surface area (Å²) in [7, 11) is -2.05. The number of hydrogen-bond donors (Lipinski definition) is 2. The highest BCUT2D eigenvalue weighted by atomic mass is 32.2. The first-order valence-electron chi connectivity index (χ1n) is 8.47. The lowest BCUT2D eigenvalue weighted by molar-refractivity contribution is 0.588. The second-order valence-corrected chi connectivity index (χ2v) is 8.05. The summed E-state index contributed by atoms with van der Waals surface area (Å²) >= 11 is 0. The molecule has 0 aliphatic carbocycles. The summed E-state index contributed by atoms with van der Waals surface area (Å²) in [5, 5.41) is 0.961. The van der Waals surface area contributed by atoms with Crippen LogP contribution in [0.2, 0.25) is 0 Å². The maximum atomic E-state index is 11.9. The Kier molecular flexibility index (Phi) is 4.47. The van der Waals surface area contributed by atoms with Gasteiger partial charge in [0.2, 0.25) is 10.0 Å². The summed E-state index contributed by atoms with van der Waals surface area (Å²) in [6.45, 7) is 0. The highest BCUT2D eigenvalue weighted by Gasteiger charge is 2.13. The third kappa shape index (κ3) is 3.47. The van der Waals surface area contributed by atoms with E-state index in [1.165, 1.54) is 12.6 Å². The van der Waals surface area contributed by atoms with Crippen LogP contribution in [-0.4, -0.2) is 30.4 Å². The van der Waals surface area contributed by atoms with Crippen LogP contribution in [0.1, 0.15) is 11.3 Å². The molecule has 0 unspecified atom stereocenters. The van der Waals surface area contributed by atoms with E-state index in [1.54, 1.807) is 30.6 Å². The fraction of sp³-hybridized carbons (Fsp3) is 0.100. The van der Waals surface area contributed by atoms with Crippen LogP contribution in [0.4, 0.5) is 0 Å². The molecule has 2 N–H and O–H groups in total. The molecule has 2 aromatic heterocycles. The smallest absolute Gasteiger partial charge is 0.240 e. The van der Waals surface area contributed by atoms with Gasteiger partial charge in [-0.2, -0.15) is 0 Å². The number of rotatable bonds is 5. The maximum Gasteiger partial charge on any atom is 0.240 e. The third-order valence-corrected chi connectivity index (χ3v) is 5.90. The number of fused-ring (bicyclic) bond motifs is 1. The van der Waals surface area contributed by atoms with Gasteiger partial charge in [-0.05, 0) is 36.4 Å². The van der Waals surface area contributed by atoms with E-state index in [9.17, 15) is 8.42 Å². The molecular weight excluding hydrogens is 360 g/mol. The monoisotopic (exact) mass is 378 g/mol. The molecule has 6 nitrogen and oxygen atoms in total. The molecule has 0 fully saturated rings. The van der Waals surface area contributed by atoms with Crippen LogP contribution in [0.25, 0.3) is 22.3 Å². The van der Waals surface area contributed by atoms with Crippen LogP contribution in [0.3, 0.4) is 0 Å². The summed E-state index contributed by atoms with van der Waals surface area (Å²) in [6, 6.07) is 18.9. The Labute approximate surface area is 157 Å². The quantitative estimate of drug-likeness (QED) is 0.558. The van der Waals surface area contributed by atoms with Gasteiger partial charge in [0.25, 0.3) is 0 Å². The topological polar surface area (TPSA) is 87.7 Å². The highest BCUT2D eigenvalue weighted by Crippen LogP contribution is 2.26. The Hall–Kier alpha value is -3.03. The molecule has 0 saturated carbocycles.